The lowest BCUT2D eigenvalue weighted by molar-refractivity contribution is -0.140. The third-order valence-corrected chi connectivity index (χ3v) is 3.18. The number of rotatable bonds is 4. The summed E-state index contributed by atoms with van der Waals surface area (Å²) in [5.74, 6) is -2.76. The van der Waals surface area contributed by atoms with E-state index in [2.05, 4.69) is 5.32 Å². The fraction of sp³-hybridized carbons (Fsp3) is 0.333. The van der Waals surface area contributed by atoms with Crippen molar-refractivity contribution >= 4 is 23.5 Å². The molecule has 0 saturated heterocycles. The Morgan fingerprint density at radius 3 is 2.72 bits per heavy atom. The molecule has 2 unspecified atom stereocenters. The zero-order chi connectivity index (χ0) is 13.3. The van der Waals surface area contributed by atoms with Crippen LogP contribution in [-0.4, -0.2) is 17.0 Å². The quantitative estimate of drug-likeness (QED) is 0.878. The number of benzene rings is 1. The van der Waals surface area contributed by atoms with Gasteiger partial charge in [0.1, 0.15) is 5.82 Å². The van der Waals surface area contributed by atoms with E-state index in [0.29, 0.717) is 12.0 Å². The standard InChI is InChI=1S/C12H11ClFNO3/c13-9-3-6(1-2-10(9)14)5-15-11(16)7-4-8(7)12(17)18/h1-3,7-8H,4-5H2,(H,15,16)(H,17,18). The highest BCUT2D eigenvalue weighted by Gasteiger charge is 2.48. The average Bonchev–Trinajstić information content (AvgIpc) is 3.10. The molecule has 2 N–H and O–H groups in total. The highest BCUT2D eigenvalue weighted by molar-refractivity contribution is 6.30. The van der Waals surface area contributed by atoms with Gasteiger partial charge in [0.25, 0.3) is 0 Å². The van der Waals surface area contributed by atoms with Crippen molar-refractivity contribution in [3.05, 3.63) is 34.6 Å². The van der Waals surface area contributed by atoms with Crippen molar-refractivity contribution < 1.29 is 19.1 Å². The van der Waals surface area contributed by atoms with Gasteiger partial charge in [-0.05, 0) is 24.1 Å². The Balaban J connectivity index is 1.87. The van der Waals surface area contributed by atoms with Crippen LogP contribution in [0.2, 0.25) is 5.02 Å². The SMILES string of the molecule is O=C(O)C1CC1C(=O)NCc1ccc(F)c(Cl)c1. The first kappa shape index (κ1) is 12.8. The number of carbonyl (C=O) groups is 2. The molecule has 18 heavy (non-hydrogen) atoms. The van der Waals surface area contributed by atoms with Crippen molar-refractivity contribution in [2.45, 2.75) is 13.0 Å². The molecule has 0 aromatic heterocycles. The van der Waals surface area contributed by atoms with Gasteiger partial charge >= 0.3 is 5.97 Å². The lowest BCUT2D eigenvalue weighted by Crippen LogP contribution is -2.25. The first-order valence-electron chi connectivity index (χ1n) is 5.43. The normalized spacial score (nSPS) is 21.4. The van der Waals surface area contributed by atoms with Crippen LogP contribution in [0.5, 0.6) is 0 Å². The van der Waals surface area contributed by atoms with Gasteiger partial charge in [0.2, 0.25) is 5.91 Å². The lowest BCUT2D eigenvalue weighted by Gasteiger charge is -2.05. The number of aliphatic carboxylic acids is 1. The Hall–Kier alpha value is -1.62. The summed E-state index contributed by atoms with van der Waals surface area (Å²) in [7, 11) is 0. The maximum absolute atomic E-state index is 12.9. The van der Waals surface area contributed by atoms with Crippen LogP contribution < -0.4 is 5.32 Å². The Morgan fingerprint density at radius 2 is 2.17 bits per heavy atom. The molecular formula is C12H11ClFNO3. The van der Waals surface area contributed by atoms with E-state index in [1.807, 2.05) is 0 Å². The molecule has 1 fully saturated rings. The molecule has 0 heterocycles. The fourth-order valence-corrected chi connectivity index (χ4v) is 1.93. The summed E-state index contributed by atoms with van der Waals surface area (Å²) in [5.41, 5.74) is 0.669. The van der Waals surface area contributed by atoms with Gasteiger partial charge in [0, 0.05) is 6.54 Å². The number of carboxylic acids is 1. The molecule has 0 spiro atoms. The first-order valence-corrected chi connectivity index (χ1v) is 5.81. The van der Waals surface area contributed by atoms with Crippen LogP contribution in [-0.2, 0) is 16.1 Å². The molecule has 2 atom stereocenters. The summed E-state index contributed by atoms with van der Waals surface area (Å²) in [6.07, 6.45) is 0.380. The molecule has 4 nitrogen and oxygen atoms in total. The summed E-state index contributed by atoms with van der Waals surface area (Å²) in [6, 6.07) is 4.17. The van der Waals surface area contributed by atoms with Gasteiger partial charge < -0.3 is 10.4 Å². The molecule has 2 rings (SSSR count). The van der Waals surface area contributed by atoms with Crippen molar-refractivity contribution in [2.24, 2.45) is 11.8 Å². The Labute approximate surface area is 108 Å². The molecule has 1 saturated carbocycles. The second-order valence-electron chi connectivity index (χ2n) is 4.25. The van der Waals surface area contributed by atoms with Crippen LogP contribution in [0, 0.1) is 17.7 Å². The number of carboxylic acid groups (broad SMARTS) is 1. The van der Waals surface area contributed by atoms with E-state index in [-0.39, 0.29) is 17.5 Å². The van der Waals surface area contributed by atoms with Gasteiger partial charge in [-0.2, -0.15) is 0 Å². The van der Waals surface area contributed by atoms with Crippen molar-refractivity contribution in [3.63, 3.8) is 0 Å². The monoisotopic (exact) mass is 271 g/mol. The Bertz CT molecular complexity index is 506. The molecule has 6 heteroatoms. The van der Waals surface area contributed by atoms with Crippen molar-refractivity contribution in [1.82, 2.24) is 5.32 Å². The maximum atomic E-state index is 12.9. The molecule has 1 aromatic rings. The van der Waals surface area contributed by atoms with E-state index in [9.17, 15) is 14.0 Å². The number of halogens is 2. The maximum Gasteiger partial charge on any atom is 0.307 e. The molecule has 1 aromatic carbocycles. The van der Waals surface area contributed by atoms with Crippen molar-refractivity contribution in [2.75, 3.05) is 0 Å². The number of amides is 1. The Kier molecular flexibility index (Phi) is 3.52. The van der Waals surface area contributed by atoms with E-state index in [1.54, 1.807) is 0 Å². The zero-order valence-corrected chi connectivity index (χ0v) is 10.1. The lowest BCUT2D eigenvalue weighted by atomic mass is 10.2. The topological polar surface area (TPSA) is 66.4 Å². The van der Waals surface area contributed by atoms with E-state index in [4.69, 9.17) is 16.7 Å². The van der Waals surface area contributed by atoms with Crippen molar-refractivity contribution in [1.29, 1.82) is 0 Å². The van der Waals surface area contributed by atoms with E-state index >= 15 is 0 Å². The average molecular weight is 272 g/mol. The largest absolute Gasteiger partial charge is 0.481 e. The fourth-order valence-electron chi connectivity index (χ4n) is 1.73. The smallest absolute Gasteiger partial charge is 0.307 e. The van der Waals surface area contributed by atoms with E-state index < -0.39 is 23.6 Å². The van der Waals surface area contributed by atoms with Crippen LogP contribution in [0.15, 0.2) is 18.2 Å². The summed E-state index contributed by atoms with van der Waals surface area (Å²) in [4.78, 5) is 22.2. The van der Waals surface area contributed by atoms with Gasteiger partial charge in [-0.1, -0.05) is 17.7 Å². The minimum Gasteiger partial charge on any atom is -0.481 e. The summed E-state index contributed by atoms with van der Waals surface area (Å²) in [5, 5.41) is 11.3. The minimum atomic E-state index is -0.944. The first-order chi connectivity index (χ1) is 8.49. The van der Waals surface area contributed by atoms with Crippen LogP contribution in [0.25, 0.3) is 0 Å². The van der Waals surface area contributed by atoms with Gasteiger partial charge in [-0.3, -0.25) is 9.59 Å². The van der Waals surface area contributed by atoms with Crippen LogP contribution in [0.1, 0.15) is 12.0 Å². The second-order valence-corrected chi connectivity index (χ2v) is 4.66. The molecule has 96 valence electrons. The number of hydrogen-bond acceptors (Lipinski definition) is 2. The summed E-state index contributed by atoms with van der Waals surface area (Å²) in [6.45, 7) is 0.210. The molecule has 1 aliphatic rings. The predicted octanol–water partition coefficient (Wildman–Crippen LogP) is 1.82. The van der Waals surface area contributed by atoms with Crippen molar-refractivity contribution in [3.8, 4) is 0 Å². The number of nitrogens with one attached hydrogen (secondary N) is 1. The van der Waals surface area contributed by atoms with Gasteiger partial charge in [-0.15, -0.1) is 0 Å². The van der Waals surface area contributed by atoms with Crippen LogP contribution >= 0.6 is 11.6 Å². The predicted molar refractivity (Wildman–Crippen MR) is 62.5 cm³/mol. The second kappa shape index (κ2) is 4.94. The van der Waals surface area contributed by atoms with Crippen LogP contribution in [0.3, 0.4) is 0 Å². The van der Waals surface area contributed by atoms with Gasteiger partial charge in [0.15, 0.2) is 0 Å². The number of carbonyl (C=O) groups excluding carboxylic acids is 1. The highest BCUT2D eigenvalue weighted by atomic mass is 35.5. The summed E-state index contributed by atoms with van der Waals surface area (Å²) >= 11 is 5.60. The Morgan fingerprint density at radius 1 is 1.44 bits per heavy atom. The van der Waals surface area contributed by atoms with Gasteiger partial charge in [-0.25, -0.2) is 4.39 Å². The van der Waals surface area contributed by atoms with Gasteiger partial charge in [0.05, 0.1) is 16.9 Å². The molecule has 1 amide bonds. The molecule has 0 aliphatic heterocycles. The molecule has 1 aliphatic carbocycles. The molecule has 0 radical (unpaired) electrons. The molecule has 0 bridgehead atoms. The minimum absolute atomic E-state index is 0.00316. The third-order valence-electron chi connectivity index (χ3n) is 2.90. The van der Waals surface area contributed by atoms with Crippen LogP contribution in [0.4, 0.5) is 4.39 Å². The number of hydrogen-bond donors (Lipinski definition) is 2. The van der Waals surface area contributed by atoms with E-state index in [0.717, 1.165) is 0 Å². The zero-order valence-electron chi connectivity index (χ0n) is 9.32. The molecular weight excluding hydrogens is 261 g/mol. The third kappa shape index (κ3) is 2.79. The van der Waals surface area contributed by atoms with E-state index in [1.165, 1.54) is 18.2 Å². The highest BCUT2D eigenvalue weighted by Crippen LogP contribution is 2.38. The summed E-state index contributed by atoms with van der Waals surface area (Å²) < 4.78 is 12.9.